The maximum atomic E-state index is 5.57. The van der Waals surface area contributed by atoms with Crippen molar-refractivity contribution in [3.63, 3.8) is 0 Å². The van der Waals surface area contributed by atoms with Crippen molar-refractivity contribution in [2.45, 2.75) is 44.2 Å². The number of benzene rings is 1. The molecule has 3 unspecified atom stereocenters. The Balaban J connectivity index is 1.85. The molecular formula is C16H23NO2. The normalized spacial score (nSPS) is 29.9. The zero-order valence-electron chi connectivity index (χ0n) is 11.8. The number of hydrogen-bond donors (Lipinski definition) is 1. The molecule has 1 aliphatic heterocycles. The van der Waals surface area contributed by atoms with E-state index in [1.54, 1.807) is 14.2 Å². The van der Waals surface area contributed by atoms with Gasteiger partial charge in [0.05, 0.1) is 14.2 Å². The fraction of sp³-hybridized carbons (Fsp3) is 0.625. The number of hydrogen-bond acceptors (Lipinski definition) is 3. The number of para-hydroxylation sites is 1. The summed E-state index contributed by atoms with van der Waals surface area (Å²) in [6.07, 6.45) is 6.64. The quantitative estimate of drug-likeness (QED) is 0.905. The van der Waals surface area contributed by atoms with Crippen molar-refractivity contribution in [3.05, 3.63) is 23.8 Å². The van der Waals surface area contributed by atoms with E-state index in [1.807, 2.05) is 6.07 Å². The van der Waals surface area contributed by atoms with Gasteiger partial charge in [0.1, 0.15) is 0 Å². The summed E-state index contributed by atoms with van der Waals surface area (Å²) in [5.41, 5.74) is 1.24. The minimum atomic E-state index is 0.407. The molecule has 1 heterocycles. The smallest absolute Gasteiger partial charge is 0.165 e. The second-order valence-electron chi connectivity index (χ2n) is 5.68. The first-order valence-electron chi connectivity index (χ1n) is 7.30. The Bertz CT molecular complexity index is 446. The molecule has 0 amide bonds. The van der Waals surface area contributed by atoms with Crippen LogP contribution in [0.4, 0.5) is 0 Å². The van der Waals surface area contributed by atoms with Gasteiger partial charge in [-0.15, -0.1) is 0 Å². The molecule has 1 aromatic carbocycles. The monoisotopic (exact) mass is 261 g/mol. The summed E-state index contributed by atoms with van der Waals surface area (Å²) in [6.45, 7) is 0. The van der Waals surface area contributed by atoms with Crippen LogP contribution in [0.5, 0.6) is 11.5 Å². The Hall–Kier alpha value is -1.22. The summed E-state index contributed by atoms with van der Waals surface area (Å²) < 4.78 is 11.0. The van der Waals surface area contributed by atoms with E-state index in [4.69, 9.17) is 9.47 Å². The van der Waals surface area contributed by atoms with Gasteiger partial charge >= 0.3 is 0 Å². The van der Waals surface area contributed by atoms with Gasteiger partial charge in [0.2, 0.25) is 0 Å². The molecule has 3 heteroatoms. The maximum absolute atomic E-state index is 5.57. The lowest BCUT2D eigenvalue weighted by atomic mass is 9.86. The lowest BCUT2D eigenvalue weighted by Crippen LogP contribution is -2.40. The van der Waals surface area contributed by atoms with Crippen molar-refractivity contribution in [3.8, 4) is 11.5 Å². The largest absolute Gasteiger partial charge is 0.493 e. The predicted molar refractivity (Wildman–Crippen MR) is 75.8 cm³/mol. The van der Waals surface area contributed by atoms with Gasteiger partial charge in [-0.2, -0.15) is 0 Å². The summed E-state index contributed by atoms with van der Waals surface area (Å²) in [4.78, 5) is 0. The van der Waals surface area contributed by atoms with Crippen molar-refractivity contribution in [1.29, 1.82) is 0 Å². The summed E-state index contributed by atoms with van der Waals surface area (Å²) in [5.74, 6) is 2.61. The Morgan fingerprint density at radius 1 is 1.05 bits per heavy atom. The number of fused-ring (bicyclic) bond motifs is 1. The summed E-state index contributed by atoms with van der Waals surface area (Å²) in [7, 11) is 3.42. The van der Waals surface area contributed by atoms with E-state index in [1.165, 1.54) is 37.7 Å². The topological polar surface area (TPSA) is 30.5 Å². The van der Waals surface area contributed by atoms with Crippen LogP contribution in [-0.2, 0) is 0 Å². The molecular weight excluding hydrogens is 238 g/mol. The molecule has 1 saturated carbocycles. The average Bonchev–Trinajstić information content (AvgIpc) is 2.93. The average molecular weight is 261 g/mol. The molecule has 19 heavy (non-hydrogen) atoms. The molecule has 3 nitrogen and oxygen atoms in total. The van der Waals surface area contributed by atoms with E-state index in [2.05, 4.69) is 17.4 Å². The van der Waals surface area contributed by atoms with Crippen molar-refractivity contribution >= 4 is 0 Å². The maximum Gasteiger partial charge on any atom is 0.165 e. The van der Waals surface area contributed by atoms with Crippen LogP contribution in [0.25, 0.3) is 0 Å². The predicted octanol–water partition coefficient (Wildman–Crippen LogP) is 3.30. The van der Waals surface area contributed by atoms with E-state index in [-0.39, 0.29) is 0 Å². The molecule has 0 radical (unpaired) electrons. The number of rotatable bonds is 3. The lowest BCUT2D eigenvalue weighted by Gasteiger charge is -2.34. The zero-order valence-corrected chi connectivity index (χ0v) is 11.8. The Kier molecular flexibility index (Phi) is 3.65. The van der Waals surface area contributed by atoms with Gasteiger partial charge in [0.25, 0.3) is 0 Å². The minimum absolute atomic E-state index is 0.407. The molecule has 104 valence electrons. The highest BCUT2D eigenvalue weighted by Gasteiger charge is 2.34. The Morgan fingerprint density at radius 3 is 2.74 bits per heavy atom. The van der Waals surface area contributed by atoms with Crippen LogP contribution in [0.2, 0.25) is 0 Å². The van der Waals surface area contributed by atoms with Crippen LogP contribution in [0.1, 0.15) is 43.7 Å². The molecule has 3 atom stereocenters. The SMILES string of the molecule is COc1cccc(C2CCC3CCCC3N2)c1OC. The molecule has 1 aliphatic carbocycles. The highest BCUT2D eigenvalue weighted by molar-refractivity contribution is 5.48. The number of ether oxygens (including phenoxy) is 2. The van der Waals surface area contributed by atoms with Gasteiger partial charge in [0, 0.05) is 17.6 Å². The molecule has 1 N–H and O–H groups in total. The molecule has 0 aromatic heterocycles. The van der Waals surface area contributed by atoms with E-state index in [0.29, 0.717) is 12.1 Å². The molecule has 2 aliphatic rings. The van der Waals surface area contributed by atoms with E-state index in [9.17, 15) is 0 Å². The first-order valence-corrected chi connectivity index (χ1v) is 7.30. The number of nitrogens with one attached hydrogen (secondary N) is 1. The van der Waals surface area contributed by atoms with Gasteiger partial charge in [-0.25, -0.2) is 0 Å². The molecule has 0 bridgehead atoms. The van der Waals surface area contributed by atoms with Crippen LogP contribution >= 0.6 is 0 Å². The second-order valence-corrected chi connectivity index (χ2v) is 5.68. The number of methoxy groups -OCH3 is 2. The summed E-state index contributed by atoms with van der Waals surface area (Å²) in [6, 6.07) is 7.29. The second kappa shape index (κ2) is 5.41. The first kappa shape index (κ1) is 12.8. The molecule has 1 saturated heterocycles. The van der Waals surface area contributed by atoms with Gasteiger partial charge in [-0.3, -0.25) is 0 Å². The van der Waals surface area contributed by atoms with Gasteiger partial charge in [-0.1, -0.05) is 18.6 Å². The number of piperidine rings is 1. The van der Waals surface area contributed by atoms with Crippen molar-refractivity contribution in [2.75, 3.05) is 14.2 Å². The fourth-order valence-corrected chi connectivity index (χ4v) is 3.76. The fourth-order valence-electron chi connectivity index (χ4n) is 3.76. The molecule has 2 fully saturated rings. The van der Waals surface area contributed by atoms with Gasteiger partial charge in [-0.05, 0) is 37.7 Å². The first-order chi connectivity index (χ1) is 9.33. The van der Waals surface area contributed by atoms with E-state index in [0.717, 1.165) is 17.4 Å². The van der Waals surface area contributed by atoms with Crippen LogP contribution in [0, 0.1) is 5.92 Å². The molecule has 1 aromatic rings. The third kappa shape index (κ3) is 2.32. The Labute approximate surface area is 115 Å². The highest BCUT2D eigenvalue weighted by atomic mass is 16.5. The molecule has 0 spiro atoms. The third-order valence-corrected chi connectivity index (χ3v) is 4.71. The van der Waals surface area contributed by atoms with Crippen molar-refractivity contribution in [1.82, 2.24) is 5.32 Å². The summed E-state index contributed by atoms with van der Waals surface area (Å²) in [5, 5.41) is 3.82. The van der Waals surface area contributed by atoms with Crippen LogP contribution < -0.4 is 14.8 Å². The van der Waals surface area contributed by atoms with Crippen LogP contribution in [-0.4, -0.2) is 20.3 Å². The minimum Gasteiger partial charge on any atom is -0.493 e. The summed E-state index contributed by atoms with van der Waals surface area (Å²) >= 11 is 0. The highest BCUT2D eigenvalue weighted by Crippen LogP contribution is 2.42. The van der Waals surface area contributed by atoms with Crippen LogP contribution in [0.15, 0.2) is 18.2 Å². The van der Waals surface area contributed by atoms with Crippen LogP contribution in [0.3, 0.4) is 0 Å². The standard InChI is InChI=1S/C16H23NO2/c1-18-15-8-4-6-12(16(15)19-2)14-10-9-11-5-3-7-13(11)17-14/h4,6,8,11,13-14,17H,3,5,7,9-10H2,1-2H3. The zero-order chi connectivity index (χ0) is 13.2. The third-order valence-electron chi connectivity index (χ3n) is 4.71. The molecule has 3 rings (SSSR count). The van der Waals surface area contributed by atoms with Gasteiger partial charge in [0.15, 0.2) is 11.5 Å². The lowest BCUT2D eigenvalue weighted by molar-refractivity contribution is 0.255. The Morgan fingerprint density at radius 2 is 1.95 bits per heavy atom. The van der Waals surface area contributed by atoms with E-state index >= 15 is 0 Å². The van der Waals surface area contributed by atoms with Crippen molar-refractivity contribution < 1.29 is 9.47 Å². The van der Waals surface area contributed by atoms with Crippen molar-refractivity contribution in [2.24, 2.45) is 5.92 Å². The van der Waals surface area contributed by atoms with Gasteiger partial charge < -0.3 is 14.8 Å². The van der Waals surface area contributed by atoms with E-state index < -0.39 is 0 Å².